The zero-order valence-electron chi connectivity index (χ0n) is 21.2. The summed E-state index contributed by atoms with van der Waals surface area (Å²) in [5, 5.41) is 24.8. The zero-order chi connectivity index (χ0) is 28.8. The van der Waals surface area contributed by atoms with Crippen molar-refractivity contribution in [2.75, 3.05) is 35.7 Å². The molecule has 3 aromatic rings. The van der Waals surface area contributed by atoms with Crippen molar-refractivity contribution in [3.63, 3.8) is 0 Å². The molecule has 13 nitrogen and oxygen atoms in total. The molecule has 40 heavy (non-hydrogen) atoms. The van der Waals surface area contributed by atoms with E-state index < -0.39 is 29.8 Å². The fraction of sp³-hybridized carbons (Fsp3) is 0.320. The van der Waals surface area contributed by atoms with Crippen molar-refractivity contribution >= 4 is 58.6 Å². The van der Waals surface area contributed by atoms with Crippen molar-refractivity contribution in [3.05, 3.63) is 57.8 Å². The molecule has 0 spiro atoms. The molecule has 1 aliphatic rings. The lowest BCUT2D eigenvalue weighted by Crippen LogP contribution is -2.38. The maximum Gasteiger partial charge on any atom is 0.326 e. The van der Waals surface area contributed by atoms with Gasteiger partial charge in [0.1, 0.15) is 6.04 Å². The molecule has 1 amide bonds. The zero-order valence-corrected chi connectivity index (χ0v) is 22.7. The monoisotopic (exact) mass is 589 g/mol. The molecule has 4 rings (SSSR count). The third-order valence-corrected chi connectivity index (χ3v) is 6.82. The van der Waals surface area contributed by atoms with Crippen molar-refractivity contribution in [3.8, 4) is 6.01 Å². The highest BCUT2D eigenvalue weighted by Crippen LogP contribution is 2.25. The predicted octanol–water partition coefficient (Wildman–Crippen LogP) is 3.24. The maximum atomic E-state index is 12.6. The van der Waals surface area contributed by atoms with E-state index in [-0.39, 0.29) is 39.9 Å². The SMILES string of the molecule is COc1nc(N[C@@H](Cc2ccc(NC(=O)c3c(Cl)cncc3Cl)cc2)C(=O)O)nc(N2CCC(C(=O)O)CC2)n1. The first-order valence-corrected chi connectivity index (χ1v) is 12.9. The number of benzene rings is 1. The number of methoxy groups -OCH3 is 1. The Kier molecular flexibility index (Phi) is 9.17. The van der Waals surface area contributed by atoms with E-state index in [9.17, 15) is 24.6 Å². The lowest BCUT2D eigenvalue weighted by Gasteiger charge is -2.30. The van der Waals surface area contributed by atoms with Crippen LogP contribution in [0.15, 0.2) is 36.7 Å². The number of aromatic nitrogens is 4. The first-order valence-electron chi connectivity index (χ1n) is 12.1. The number of ether oxygens (including phenoxy) is 1. The molecule has 0 unspecified atom stereocenters. The van der Waals surface area contributed by atoms with Crippen molar-refractivity contribution in [2.45, 2.75) is 25.3 Å². The van der Waals surface area contributed by atoms with Crippen LogP contribution < -0.4 is 20.3 Å². The predicted molar refractivity (Wildman–Crippen MR) is 146 cm³/mol. The van der Waals surface area contributed by atoms with Gasteiger partial charge in [0.2, 0.25) is 11.9 Å². The molecule has 15 heteroatoms. The molecule has 3 heterocycles. The van der Waals surface area contributed by atoms with Crippen LogP contribution in [0, 0.1) is 5.92 Å². The standard InChI is InChI=1S/C25H25Cl2N7O6/c1-40-25-32-23(31-24(33-25)34-8-6-14(7-9-34)21(36)37)30-18(22(38)39)10-13-2-4-15(5-3-13)29-20(35)19-16(26)11-28-12-17(19)27/h2-5,11-12,14,18H,6-10H2,1H3,(H,29,35)(H,36,37)(H,38,39)(H,30,31,32,33)/t18-/m0/s1. The normalized spacial score (nSPS) is 14.3. The van der Waals surface area contributed by atoms with E-state index in [1.807, 2.05) is 4.90 Å². The van der Waals surface area contributed by atoms with Gasteiger partial charge in [0.25, 0.3) is 5.91 Å². The molecule has 0 radical (unpaired) electrons. The number of anilines is 3. The summed E-state index contributed by atoms with van der Waals surface area (Å²) in [7, 11) is 1.38. The van der Waals surface area contributed by atoms with Gasteiger partial charge in [-0.2, -0.15) is 15.0 Å². The van der Waals surface area contributed by atoms with E-state index in [4.69, 9.17) is 27.9 Å². The van der Waals surface area contributed by atoms with Crippen LogP contribution in [0.4, 0.5) is 17.6 Å². The third kappa shape index (κ3) is 7.04. The number of rotatable bonds is 10. The van der Waals surface area contributed by atoms with Crippen LogP contribution in [0.2, 0.25) is 10.0 Å². The van der Waals surface area contributed by atoms with Crippen LogP contribution in [-0.2, 0) is 16.0 Å². The largest absolute Gasteiger partial charge is 0.481 e. The minimum Gasteiger partial charge on any atom is -0.481 e. The van der Waals surface area contributed by atoms with Gasteiger partial charge in [0.15, 0.2) is 0 Å². The van der Waals surface area contributed by atoms with E-state index in [1.54, 1.807) is 24.3 Å². The molecule has 1 fully saturated rings. The molecule has 1 atom stereocenters. The maximum absolute atomic E-state index is 12.6. The van der Waals surface area contributed by atoms with Crippen LogP contribution >= 0.6 is 23.2 Å². The molecular weight excluding hydrogens is 565 g/mol. The smallest absolute Gasteiger partial charge is 0.326 e. The molecule has 1 aromatic carbocycles. The highest BCUT2D eigenvalue weighted by atomic mass is 35.5. The van der Waals surface area contributed by atoms with E-state index in [0.717, 1.165) is 0 Å². The first-order chi connectivity index (χ1) is 19.1. The molecule has 1 aliphatic heterocycles. The average Bonchev–Trinajstić information content (AvgIpc) is 2.93. The van der Waals surface area contributed by atoms with E-state index in [2.05, 4.69) is 30.6 Å². The lowest BCUT2D eigenvalue weighted by atomic mass is 9.97. The van der Waals surface area contributed by atoms with E-state index in [0.29, 0.717) is 37.2 Å². The summed E-state index contributed by atoms with van der Waals surface area (Å²) in [4.78, 5) is 54.3. The summed E-state index contributed by atoms with van der Waals surface area (Å²) in [6, 6.07) is 5.49. The van der Waals surface area contributed by atoms with Crippen molar-refractivity contribution in [2.24, 2.45) is 5.92 Å². The number of nitrogens with one attached hydrogen (secondary N) is 2. The summed E-state index contributed by atoms with van der Waals surface area (Å²) < 4.78 is 5.17. The van der Waals surface area contributed by atoms with E-state index >= 15 is 0 Å². The molecule has 0 saturated carbocycles. The number of carboxylic acid groups (broad SMARTS) is 2. The number of piperidine rings is 1. The Morgan fingerprint density at radius 2 is 1.70 bits per heavy atom. The topological polar surface area (TPSA) is 180 Å². The molecule has 0 bridgehead atoms. The summed E-state index contributed by atoms with van der Waals surface area (Å²) in [5.41, 5.74) is 1.21. The average molecular weight is 590 g/mol. The van der Waals surface area contributed by atoms with Crippen LogP contribution in [0.3, 0.4) is 0 Å². The number of hydrogen-bond donors (Lipinski definition) is 4. The van der Waals surface area contributed by atoms with Gasteiger partial charge in [-0.25, -0.2) is 4.79 Å². The van der Waals surface area contributed by atoms with Gasteiger partial charge in [0.05, 0.1) is 28.6 Å². The highest BCUT2D eigenvalue weighted by molar-refractivity contribution is 6.40. The third-order valence-electron chi connectivity index (χ3n) is 6.25. The Morgan fingerprint density at radius 1 is 1.05 bits per heavy atom. The van der Waals surface area contributed by atoms with Gasteiger partial charge in [-0.15, -0.1) is 0 Å². The van der Waals surface area contributed by atoms with Gasteiger partial charge in [0, 0.05) is 37.6 Å². The van der Waals surface area contributed by atoms with Gasteiger partial charge < -0.3 is 30.5 Å². The Morgan fingerprint density at radius 3 is 2.27 bits per heavy atom. The molecule has 4 N–H and O–H groups in total. The summed E-state index contributed by atoms with van der Waals surface area (Å²) in [6.45, 7) is 0.850. The van der Waals surface area contributed by atoms with Crippen LogP contribution in [0.25, 0.3) is 0 Å². The number of hydrogen-bond acceptors (Lipinski definition) is 10. The number of halogens is 2. The Bertz CT molecular complexity index is 1380. The van der Waals surface area contributed by atoms with Crippen LogP contribution in [0.1, 0.15) is 28.8 Å². The number of aliphatic carboxylic acids is 2. The number of amides is 1. The highest BCUT2D eigenvalue weighted by Gasteiger charge is 2.27. The number of nitrogens with zero attached hydrogens (tertiary/aromatic N) is 5. The van der Waals surface area contributed by atoms with Gasteiger partial charge >= 0.3 is 17.9 Å². The number of pyridine rings is 1. The second kappa shape index (κ2) is 12.7. The molecular formula is C25H25Cl2N7O6. The summed E-state index contributed by atoms with van der Waals surface area (Å²) in [6.07, 6.45) is 3.57. The van der Waals surface area contributed by atoms with Crippen molar-refractivity contribution in [1.29, 1.82) is 0 Å². The van der Waals surface area contributed by atoms with Crippen molar-refractivity contribution in [1.82, 2.24) is 19.9 Å². The van der Waals surface area contributed by atoms with Gasteiger partial charge in [-0.05, 0) is 30.5 Å². The number of carbonyl (C=O) groups is 3. The fourth-order valence-corrected chi connectivity index (χ4v) is 4.64. The molecule has 0 aliphatic carbocycles. The summed E-state index contributed by atoms with van der Waals surface area (Å²) in [5.74, 6) is -2.65. The Labute approximate surface area is 238 Å². The molecule has 1 saturated heterocycles. The Balaban J connectivity index is 1.44. The lowest BCUT2D eigenvalue weighted by molar-refractivity contribution is -0.142. The van der Waals surface area contributed by atoms with Crippen LogP contribution in [-0.4, -0.2) is 74.2 Å². The first kappa shape index (κ1) is 28.8. The summed E-state index contributed by atoms with van der Waals surface area (Å²) >= 11 is 12.1. The minimum atomic E-state index is -1.14. The van der Waals surface area contributed by atoms with Crippen LogP contribution in [0.5, 0.6) is 6.01 Å². The number of carbonyl (C=O) groups excluding carboxylic acids is 1. The molecule has 210 valence electrons. The number of carboxylic acids is 2. The Hall–Kier alpha value is -4.23. The second-order valence-corrected chi connectivity index (χ2v) is 9.73. The van der Waals surface area contributed by atoms with Crippen molar-refractivity contribution < 1.29 is 29.3 Å². The second-order valence-electron chi connectivity index (χ2n) is 8.91. The minimum absolute atomic E-state index is 0.00426. The quantitative estimate of drug-likeness (QED) is 0.271. The van der Waals surface area contributed by atoms with Gasteiger partial charge in [-0.1, -0.05) is 35.3 Å². The van der Waals surface area contributed by atoms with Gasteiger partial charge in [-0.3, -0.25) is 14.6 Å². The fourth-order valence-electron chi connectivity index (χ4n) is 4.11. The molecule has 2 aromatic heterocycles. The van der Waals surface area contributed by atoms with E-state index in [1.165, 1.54) is 19.5 Å².